The Kier molecular flexibility index (Phi) is 2.14. The summed E-state index contributed by atoms with van der Waals surface area (Å²) in [4.78, 5) is 0. The third-order valence-corrected chi connectivity index (χ3v) is 3.59. The van der Waals surface area contributed by atoms with Crippen molar-refractivity contribution in [1.82, 2.24) is 0 Å². The van der Waals surface area contributed by atoms with Crippen molar-refractivity contribution >= 4 is 0 Å². The number of hydrogen-bond donors (Lipinski definition) is 0. The highest BCUT2D eigenvalue weighted by molar-refractivity contribution is 5.19. The summed E-state index contributed by atoms with van der Waals surface area (Å²) in [5.41, 5.74) is 1.36. The SMILES string of the molecule is C1=CC2(OCc3ccccc3)CCC1C2. The minimum atomic E-state index is 0.0838. The topological polar surface area (TPSA) is 9.23 Å². The molecule has 1 saturated carbocycles. The molecule has 0 N–H and O–H groups in total. The van der Waals surface area contributed by atoms with Crippen molar-refractivity contribution < 1.29 is 4.74 Å². The summed E-state index contributed by atoms with van der Waals surface area (Å²) in [5, 5.41) is 0. The lowest BCUT2D eigenvalue weighted by molar-refractivity contribution is -0.0128. The first-order valence-electron chi connectivity index (χ1n) is 5.74. The van der Waals surface area contributed by atoms with E-state index in [1.807, 2.05) is 6.07 Å². The number of rotatable bonds is 3. The van der Waals surface area contributed by atoms with E-state index < -0.39 is 0 Å². The molecule has 1 aromatic carbocycles. The predicted octanol–water partition coefficient (Wildman–Crippen LogP) is 3.31. The molecule has 15 heavy (non-hydrogen) atoms. The normalized spacial score (nSPS) is 32.4. The molecule has 0 saturated heterocycles. The molecular weight excluding hydrogens is 184 g/mol. The van der Waals surface area contributed by atoms with Gasteiger partial charge in [-0.1, -0.05) is 42.5 Å². The van der Waals surface area contributed by atoms with E-state index >= 15 is 0 Å². The summed E-state index contributed by atoms with van der Waals surface area (Å²) in [5.74, 6) is 0.792. The van der Waals surface area contributed by atoms with Crippen LogP contribution in [0, 0.1) is 5.92 Å². The number of benzene rings is 1. The molecule has 2 bridgehead atoms. The molecule has 0 aromatic heterocycles. The third kappa shape index (κ3) is 1.72. The van der Waals surface area contributed by atoms with Crippen LogP contribution < -0.4 is 0 Å². The number of hydrogen-bond acceptors (Lipinski definition) is 1. The van der Waals surface area contributed by atoms with Gasteiger partial charge in [0.1, 0.15) is 0 Å². The van der Waals surface area contributed by atoms with Gasteiger partial charge in [-0.3, -0.25) is 0 Å². The van der Waals surface area contributed by atoms with E-state index in [4.69, 9.17) is 4.74 Å². The zero-order valence-electron chi connectivity index (χ0n) is 8.86. The van der Waals surface area contributed by atoms with Gasteiger partial charge in [0, 0.05) is 0 Å². The Bertz CT molecular complexity index is 368. The molecule has 1 heteroatoms. The van der Waals surface area contributed by atoms with Gasteiger partial charge in [0.05, 0.1) is 12.2 Å². The summed E-state index contributed by atoms with van der Waals surface area (Å²) in [6.45, 7) is 0.748. The minimum Gasteiger partial charge on any atom is -0.366 e. The van der Waals surface area contributed by atoms with Crippen LogP contribution in [0.3, 0.4) is 0 Å². The first-order chi connectivity index (χ1) is 7.36. The molecular formula is C14H16O. The van der Waals surface area contributed by atoms with Gasteiger partial charge in [-0.15, -0.1) is 0 Å². The Labute approximate surface area is 90.8 Å². The molecule has 2 aliphatic rings. The van der Waals surface area contributed by atoms with Crippen molar-refractivity contribution in [3.63, 3.8) is 0 Å². The standard InChI is InChI=1S/C14H16O/c1-2-4-13(5-3-1)11-15-14-8-6-12(10-14)7-9-14/h1-6,8,12H,7,9-11H2. The highest BCUT2D eigenvalue weighted by Gasteiger charge is 2.41. The monoisotopic (exact) mass is 200 g/mol. The van der Waals surface area contributed by atoms with E-state index in [9.17, 15) is 0 Å². The van der Waals surface area contributed by atoms with Crippen LogP contribution in [0.1, 0.15) is 24.8 Å². The summed E-state index contributed by atoms with van der Waals surface area (Å²) < 4.78 is 6.08. The molecule has 1 nitrogen and oxygen atoms in total. The van der Waals surface area contributed by atoms with Gasteiger partial charge in [0.15, 0.2) is 0 Å². The van der Waals surface area contributed by atoms with Crippen LogP contribution >= 0.6 is 0 Å². The van der Waals surface area contributed by atoms with Gasteiger partial charge in [-0.05, 0) is 30.7 Å². The molecule has 3 rings (SSSR count). The van der Waals surface area contributed by atoms with Crippen molar-refractivity contribution in [2.75, 3.05) is 0 Å². The summed E-state index contributed by atoms with van der Waals surface area (Å²) >= 11 is 0. The second-order valence-electron chi connectivity index (χ2n) is 4.70. The van der Waals surface area contributed by atoms with Crippen molar-refractivity contribution in [3.8, 4) is 0 Å². The van der Waals surface area contributed by atoms with E-state index in [2.05, 4.69) is 36.4 Å². The molecule has 2 unspecified atom stereocenters. The summed E-state index contributed by atoms with van der Waals surface area (Å²) in [7, 11) is 0. The average Bonchev–Trinajstić information content (AvgIpc) is 2.89. The maximum absolute atomic E-state index is 6.08. The first kappa shape index (κ1) is 9.17. The molecule has 0 radical (unpaired) electrons. The highest BCUT2D eigenvalue weighted by atomic mass is 16.5. The van der Waals surface area contributed by atoms with Crippen LogP contribution in [0.25, 0.3) is 0 Å². The van der Waals surface area contributed by atoms with Gasteiger partial charge in [-0.25, -0.2) is 0 Å². The van der Waals surface area contributed by atoms with Gasteiger partial charge >= 0.3 is 0 Å². The van der Waals surface area contributed by atoms with Gasteiger partial charge < -0.3 is 4.74 Å². The molecule has 0 aliphatic heterocycles. The van der Waals surface area contributed by atoms with Crippen molar-refractivity contribution in [1.29, 1.82) is 0 Å². The quantitative estimate of drug-likeness (QED) is 0.680. The Hall–Kier alpha value is -1.08. The third-order valence-electron chi connectivity index (χ3n) is 3.59. The van der Waals surface area contributed by atoms with Crippen LogP contribution in [-0.2, 0) is 11.3 Å². The van der Waals surface area contributed by atoms with E-state index in [1.165, 1.54) is 24.8 Å². The lowest BCUT2D eigenvalue weighted by atomic mass is 10.0. The lowest BCUT2D eigenvalue weighted by Crippen LogP contribution is -2.24. The van der Waals surface area contributed by atoms with Crippen molar-refractivity contribution in [2.45, 2.75) is 31.5 Å². The van der Waals surface area contributed by atoms with E-state index in [0.717, 1.165) is 12.5 Å². The molecule has 0 heterocycles. The maximum atomic E-state index is 6.08. The molecule has 2 atom stereocenters. The lowest BCUT2D eigenvalue weighted by Gasteiger charge is -2.24. The molecule has 0 spiro atoms. The van der Waals surface area contributed by atoms with Gasteiger partial charge in [-0.2, -0.15) is 0 Å². The number of fused-ring (bicyclic) bond motifs is 2. The molecule has 78 valence electrons. The average molecular weight is 200 g/mol. The molecule has 1 aromatic rings. The fourth-order valence-electron chi connectivity index (χ4n) is 2.69. The van der Waals surface area contributed by atoms with E-state index in [0.29, 0.717) is 0 Å². The first-order valence-corrected chi connectivity index (χ1v) is 5.74. The second-order valence-corrected chi connectivity index (χ2v) is 4.70. The minimum absolute atomic E-state index is 0.0838. The highest BCUT2D eigenvalue weighted by Crippen LogP contribution is 2.45. The van der Waals surface area contributed by atoms with Gasteiger partial charge in [0.25, 0.3) is 0 Å². The Morgan fingerprint density at radius 3 is 2.73 bits per heavy atom. The van der Waals surface area contributed by atoms with Crippen LogP contribution in [-0.4, -0.2) is 5.60 Å². The molecule has 0 amide bonds. The number of ether oxygens (including phenoxy) is 1. The Morgan fingerprint density at radius 2 is 2.13 bits per heavy atom. The van der Waals surface area contributed by atoms with E-state index in [1.54, 1.807) is 0 Å². The maximum Gasteiger partial charge on any atom is 0.0872 e. The largest absolute Gasteiger partial charge is 0.366 e. The fourth-order valence-corrected chi connectivity index (χ4v) is 2.69. The van der Waals surface area contributed by atoms with Crippen LogP contribution in [0.15, 0.2) is 42.5 Å². The zero-order valence-corrected chi connectivity index (χ0v) is 8.86. The number of allylic oxidation sites excluding steroid dienone is 1. The van der Waals surface area contributed by atoms with Crippen molar-refractivity contribution in [2.24, 2.45) is 5.92 Å². The Balaban J connectivity index is 1.65. The molecule has 1 fully saturated rings. The summed E-state index contributed by atoms with van der Waals surface area (Å²) in [6.07, 6.45) is 8.34. The summed E-state index contributed by atoms with van der Waals surface area (Å²) in [6, 6.07) is 10.4. The Morgan fingerprint density at radius 1 is 1.27 bits per heavy atom. The zero-order chi connectivity index (χ0) is 10.1. The smallest absolute Gasteiger partial charge is 0.0872 e. The van der Waals surface area contributed by atoms with Crippen LogP contribution in [0.5, 0.6) is 0 Å². The van der Waals surface area contributed by atoms with Crippen LogP contribution in [0.2, 0.25) is 0 Å². The predicted molar refractivity (Wildman–Crippen MR) is 60.4 cm³/mol. The van der Waals surface area contributed by atoms with Gasteiger partial charge in [0.2, 0.25) is 0 Å². The second kappa shape index (κ2) is 3.49. The fraction of sp³-hybridized carbons (Fsp3) is 0.429. The van der Waals surface area contributed by atoms with Crippen LogP contribution in [0.4, 0.5) is 0 Å². The van der Waals surface area contributed by atoms with E-state index in [-0.39, 0.29) is 5.60 Å². The molecule has 2 aliphatic carbocycles. The van der Waals surface area contributed by atoms with Crippen molar-refractivity contribution in [3.05, 3.63) is 48.0 Å².